The van der Waals surface area contributed by atoms with Crippen LogP contribution in [0.3, 0.4) is 0 Å². The number of anilines is 1. The minimum Gasteiger partial charge on any atom is -0.444 e. The number of carbonyl (C=O) groups is 1. The number of carbonyl (C=O) groups excluding carboxylic acids is 1. The largest absolute Gasteiger partial charge is 0.444 e. The lowest BCUT2D eigenvalue weighted by Crippen LogP contribution is -2.35. The lowest BCUT2D eigenvalue weighted by Gasteiger charge is -2.22. The summed E-state index contributed by atoms with van der Waals surface area (Å²) in [5.74, 6) is 0. The summed E-state index contributed by atoms with van der Waals surface area (Å²) in [7, 11) is 0. The van der Waals surface area contributed by atoms with Gasteiger partial charge in [-0.25, -0.2) is 4.79 Å². The Bertz CT molecular complexity index is 647. The molecule has 0 aromatic heterocycles. The third kappa shape index (κ3) is 5.94. The lowest BCUT2D eigenvalue weighted by molar-refractivity contribution is -0.0909. The highest BCUT2D eigenvalue weighted by atomic mass is 19.4. The van der Waals surface area contributed by atoms with E-state index in [1.54, 1.807) is 45.9 Å². The van der Waals surface area contributed by atoms with Gasteiger partial charge in [-0.1, -0.05) is 18.2 Å². The van der Waals surface area contributed by atoms with Crippen LogP contribution in [0.1, 0.15) is 26.3 Å². The van der Waals surface area contributed by atoms with Crippen molar-refractivity contribution in [2.45, 2.75) is 39.5 Å². The van der Waals surface area contributed by atoms with E-state index in [0.29, 0.717) is 11.8 Å². The van der Waals surface area contributed by atoms with Crippen LogP contribution in [-0.4, -0.2) is 24.1 Å². The number of aryl methyl sites for hydroxylation is 1. The first-order valence-electron chi connectivity index (χ1n) is 7.08. The highest BCUT2D eigenvalue weighted by Crippen LogP contribution is 2.29. The summed E-state index contributed by atoms with van der Waals surface area (Å²) in [6, 6.07) is 6.38. The van der Waals surface area contributed by atoms with Crippen LogP contribution in [0, 0.1) is 12.3 Å². The number of allylic oxidation sites excluding steroid dienone is 2. The molecule has 24 heavy (non-hydrogen) atoms. The first-order valence-corrected chi connectivity index (χ1v) is 7.08. The maximum Gasteiger partial charge on any atom is 0.433 e. The third-order valence-electron chi connectivity index (χ3n) is 2.74. The molecule has 1 aromatic carbocycles. The number of hydrogen-bond donors (Lipinski definition) is 3. The summed E-state index contributed by atoms with van der Waals surface area (Å²) < 4.78 is 45.0. The van der Waals surface area contributed by atoms with Gasteiger partial charge < -0.3 is 15.5 Å². The fourth-order valence-electron chi connectivity index (χ4n) is 1.72. The fourth-order valence-corrected chi connectivity index (χ4v) is 1.72. The SMILES string of the molecule is Cc1ccccc1N/C(=C(\C=N)NC(=O)OC(C)(C)C)C(F)(F)F. The minimum atomic E-state index is -4.80. The van der Waals surface area contributed by atoms with Crippen molar-refractivity contribution in [2.24, 2.45) is 0 Å². The number of rotatable bonds is 4. The smallest absolute Gasteiger partial charge is 0.433 e. The number of benzene rings is 1. The number of nitrogens with one attached hydrogen (secondary N) is 3. The van der Waals surface area contributed by atoms with Gasteiger partial charge in [-0.3, -0.25) is 5.32 Å². The molecule has 3 N–H and O–H groups in total. The normalized spacial score (nSPS) is 13.0. The molecule has 1 amide bonds. The Morgan fingerprint density at radius 2 is 1.79 bits per heavy atom. The van der Waals surface area contributed by atoms with Gasteiger partial charge in [0, 0.05) is 11.9 Å². The van der Waals surface area contributed by atoms with Gasteiger partial charge in [-0.15, -0.1) is 0 Å². The van der Waals surface area contributed by atoms with Crippen molar-refractivity contribution >= 4 is 18.0 Å². The van der Waals surface area contributed by atoms with Crippen LogP contribution in [0.2, 0.25) is 0 Å². The second-order valence-corrected chi connectivity index (χ2v) is 6.00. The topological polar surface area (TPSA) is 74.2 Å². The molecular weight excluding hydrogens is 323 g/mol. The molecule has 0 unspecified atom stereocenters. The Morgan fingerprint density at radius 1 is 1.21 bits per heavy atom. The maximum atomic E-state index is 13.3. The molecule has 0 spiro atoms. The molecule has 1 aromatic rings. The van der Waals surface area contributed by atoms with Crippen LogP contribution in [0.15, 0.2) is 35.7 Å². The molecule has 0 aliphatic carbocycles. The average molecular weight is 343 g/mol. The predicted octanol–water partition coefficient (Wildman–Crippen LogP) is 4.36. The standard InChI is InChI=1S/C16H20F3N3O2/c1-10-7-5-6-8-11(10)21-13(16(17,18)19)12(9-20)22-14(23)24-15(2,3)4/h5-9,20-21H,1-4H3,(H,22,23)/b13-12+,20-9?. The number of hydrogen-bond acceptors (Lipinski definition) is 4. The summed E-state index contributed by atoms with van der Waals surface area (Å²) in [5, 5.41) is 11.4. The lowest BCUT2D eigenvalue weighted by atomic mass is 10.2. The van der Waals surface area contributed by atoms with Gasteiger partial charge in [-0.05, 0) is 39.3 Å². The summed E-state index contributed by atoms with van der Waals surface area (Å²) in [4.78, 5) is 11.7. The van der Waals surface area contributed by atoms with E-state index in [-0.39, 0.29) is 5.69 Å². The van der Waals surface area contributed by atoms with Crippen molar-refractivity contribution in [1.82, 2.24) is 5.32 Å². The zero-order chi connectivity index (χ0) is 18.5. The van der Waals surface area contributed by atoms with Gasteiger partial charge >= 0.3 is 12.3 Å². The Balaban J connectivity index is 3.19. The van der Waals surface area contributed by atoms with E-state index >= 15 is 0 Å². The van der Waals surface area contributed by atoms with Crippen LogP contribution in [-0.2, 0) is 4.74 Å². The molecular formula is C16H20F3N3O2. The van der Waals surface area contributed by atoms with Crippen LogP contribution in [0.4, 0.5) is 23.7 Å². The van der Waals surface area contributed by atoms with Gasteiger partial charge in [0.25, 0.3) is 0 Å². The molecule has 0 aliphatic heterocycles. The van der Waals surface area contributed by atoms with Gasteiger partial charge in [-0.2, -0.15) is 13.2 Å². The summed E-state index contributed by atoms with van der Waals surface area (Å²) in [6.45, 7) is 6.38. The van der Waals surface area contributed by atoms with Crippen molar-refractivity contribution in [2.75, 3.05) is 5.32 Å². The van der Waals surface area contributed by atoms with Crippen molar-refractivity contribution in [3.05, 3.63) is 41.2 Å². The van der Waals surface area contributed by atoms with Crippen molar-refractivity contribution in [3.63, 3.8) is 0 Å². The van der Waals surface area contributed by atoms with Crippen LogP contribution in [0.5, 0.6) is 0 Å². The van der Waals surface area contributed by atoms with Gasteiger partial charge in [0.2, 0.25) is 0 Å². The first-order chi connectivity index (χ1) is 10.9. The highest BCUT2D eigenvalue weighted by Gasteiger charge is 2.37. The van der Waals surface area contributed by atoms with E-state index < -0.39 is 29.3 Å². The van der Waals surface area contributed by atoms with Crippen molar-refractivity contribution in [3.8, 4) is 0 Å². The number of alkyl carbamates (subject to hydrolysis) is 1. The Labute approximate surface area is 138 Å². The van der Waals surface area contributed by atoms with Crippen LogP contribution >= 0.6 is 0 Å². The van der Waals surface area contributed by atoms with E-state index in [0.717, 1.165) is 0 Å². The zero-order valence-electron chi connectivity index (χ0n) is 13.8. The third-order valence-corrected chi connectivity index (χ3v) is 2.74. The Morgan fingerprint density at radius 3 is 2.25 bits per heavy atom. The van der Waals surface area contributed by atoms with Crippen molar-refractivity contribution in [1.29, 1.82) is 5.41 Å². The molecule has 0 saturated heterocycles. The van der Waals surface area contributed by atoms with E-state index in [2.05, 4.69) is 5.32 Å². The second-order valence-electron chi connectivity index (χ2n) is 6.00. The monoisotopic (exact) mass is 343 g/mol. The second kappa shape index (κ2) is 7.37. The number of para-hydroxylation sites is 1. The molecule has 0 bridgehead atoms. The molecule has 0 fully saturated rings. The highest BCUT2D eigenvalue weighted by molar-refractivity contribution is 5.85. The maximum absolute atomic E-state index is 13.3. The molecule has 5 nitrogen and oxygen atoms in total. The number of ether oxygens (including phenoxy) is 1. The molecule has 0 heterocycles. The zero-order valence-corrected chi connectivity index (χ0v) is 13.8. The molecule has 1 rings (SSSR count). The number of amides is 1. The van der Waals surface area contributed by atoms with E-state index in [4.69, 9.17) is 10.1 Å². The molecule has 0 radical (unpaired) electrons. The summed E-state index contributed by atoms with van der Waals surface area (Å²) in [5.41, 5.74) is -2.06. The van der Waals surface area contributed by atoms with E-state index in [1.165, 1.54) is 6.07 Å². The molecule has 0 atom stereocenters. The van der Waals surface area contributed by atoms with E-state index in [9.17, 15) is 18.0 Å². The van der Waals surface area contributed by atoms with Crippen molar-refractivity contribution < 1.29 is 22.7 Å². The molecule has 132 valence electrons. The quantitative estimate of drug-likeness (QED) is 0.711. The molecule has 8 heteroatoms. The average Bonchev–Trinajstić information content (AvgIpc) is 2.41. The van der Waals surface area contributed by atoms with Gasteiger partial charge in [0.1, 0.15) is 11.3 Å². The summed E-state index contributed by atoms with van der Waals surface area (Å²) >= 11 is 0. The van der Waals surface area contributed by atoms with Crippen LogP contribution < -0.4 is 10.6 Å². The van der Waals surface area contributed by atoms with Gasteiger partial charge in [0.05, 0.1) is 5.70 Å². The molecule has 0 aliphatic rings. The molecule has 0 saturated carbocycles. The van der Waals surface area contributed by atoms with Gasteiger partial charge in [0.15, 0.2) is 0 Å². The minimum absolute atomic E-state index is 0.218. The number of alkyl halides is 3. The first kappa shape index (κ1) is 19.5. The fraction of sp³-hybridized carbons (Fsp3) is 0.375. The van der Waals surface area contributed by atoms with E-state index in [1.807, 2.05) is 5.32 Å². The predicted molar refractivity (Wildman–Crippen MR) is 86.0 cm³/mol. The van der Waals surface area contributed by atoms with Crippen LogP contribution in [0.25, 0.3) is 0 Å². The summed E-state index contributed by atoms with van der Waals surface area (Å²) in [6.07, 6.45) is -5.46. The number of halogens is 3. The Kier molecular flexibility index (Phi) is 6.00. The Hall–Kier alpha value is -2.51.